The molecule has 0 saturated heterocycles. The number of hydrogen-bond acceptors (Lipinski definition) is 3. The summed E-state index contributed by atoms with van der Waals surface area (Å²) in [7, 11) is 0. The van der Waals surface area contributed by atoms with Crippen LogP contribution in [0, 0.1) is 0 Å². The zero-order valence-electron chi connectivity index (χ0n) is 11.8. The largest absolute Gasteiger partial charge is 0.395 e. The van der Waals surface area contributed by atoms with Gasteiger partial charge in [0.1, 0.15) is 5.82 Å². The van der Waals surface area contributed by atoms with E-state index in [4.69, 9.17) is 10.7 Å². The second-order valence-electron chi connectivity index (χ2n) is 5.20. The standard InChI is InChI=1S/C15H23N3O/c1-11(2)12-5-6-14-13(10-12)17-15(4-3-7-16)18(14)8-9-19/h5-6,10-11,19H,3-4,7-9,16H2,1-2H3. The van der Waals surface area contributed by atoms with Crippen LogP contribution in [0.15, 0.2) is 18.2 Å². The van der Waals surface area contributed by atoms with Crippen LogP contribution in [0.1, 0.15) is 37.6 Å². The van der Waals surface area contributed by atoms with Crippen LogP contribution in [0.3, 0.4) is 0 Å². The number of aryl methyl sites for hydroxylation is 1. The molecule has 4 heteroatoms. The second kappa shape index (κ2) is 6.17. The van der Waals surface area contributed by atoms with E-state index >= 15 is 0 Å². The molecule has 0 saturated carbocycles. The van der Waals surface area contributed by atoms with Crippen LogP contribution in [0.5, 0.6) is 0 Å². The molecule has 0 fully saturated rings. The molecule has 1 aromatic heterocycles. The number of imidazole rings is 1. The minimum atomic E-state index is 0.132. The van der Waals surface area contributed by atoms with Crippen molar-refractivity contribution in [1.29, 1.82) is 0 Å². The molecular formula is C15H23N3O. The number of nitrogens with two attached hydrogens (primary N) is 1. The van der Waals surface area contributed by atoms with Gasteiger partial charge in [-0.2, -0.15) is 0 Å². The van der Waals surface area contributed by atoms with Crippen molar-refractivity contribution >= 4 is 11.0 Å². The lowest BCUT2D eigenvalue weighted by atomic mass is 10.0. The topological polar surface area (TPSA) is 64.1 Å². The molecule has 0 aliphatic rings. The first-order chi connectivity index (χ1) is 9.17. The fourth-order valence-corrected chi connectivity index (χ4v) is 2.36. The van der Waals surface area contributed by atoms with Crippen LogP contribution in [-0.4, -0.2) is 27.8 Å². The van der Waals surface area contributed by atoms with Crippen molar-refractivity contribution in [3.63, 3.8) is 0 Å². The van der Waals surface area contributed by atoms with Gasteiger partial charge in [-0.25, -0.2) is 4.98 Å². The van der Waals surface area contributed by atoms with Crippen LogP contribution >= 0.6 is 0 Å². The van der Waals surface area contributed by atoms with E-state index in [2.05, 4.69) is 36.6 Å². The Morgan fingerprint density at radius 1 is 1.37 bits per heavy atom. The first-order valence-corrected chi connectivity index (χ1v) is 6.97. The van der Waals surface area contributed by atoms with Crippen LogP contribution in [0.25, 0.3) is 11.0 Å². The van der Waals surface area contributed by atoms with Gasteiger partial charge in [-0.15, -0.1) is 0 Å². The Hall–Kier alpha value is -1.39. The molecule has 0 unspecified atom stereocenters. The lowest BCUT2D eigenvalue weighted by Crippen LogP contribution is -2.09. The molecule has 4 nitrogen and oxygen atoms in total. The molecule has 0 radical (unpaired) electrons. The molecule has 19 heavy (non-hydrogen) atoms. The maximum atomic E-state index is 9.22. The second-order valence-corrected chi connectivity index (χ2v) is 5.20. The Labute approximate surface area is 114 Å². The summed E-state index contributed by atoms with van der Waals surface area (Å²) in [6.07, 6.45) is 1.79. The highest BCUT2D eigenvalue weighted by Crippen LogP contribution is 2.22. The third-order valence-corrected chi connectivity index (χ3v) is 3.45. The summed E-state index contributed by atoms with van der Waals surface area (Å²) in [6, 6.07) is 6.41. The van der Waals surface area contributed by atoms with Crippen LogP contribution in [-0.2, 0) is 13.0 Å². The molecule has 0 amide bonds. The molecular weight excluding hydrogens is 238 g/mol. The van der Waals surface area contributed by atoms with Gasteiger partial charge in [-0.1, -0.05) is 19.9 Å². The van der Waals surface area contributed by atoms with Gasteiger partial charge in [0.2, 0.25) is 0 Å². The predicted octanol–water partition coefficient (Wildman–Crippen LogP) is 2.04. The van der Waals surface area contributed by atoms with Crippen LogP contribution in [0.4, 0.5) is 0 Å². The fourth-order valence-electron chi connectivity index (χ4n) is 2.36. The first kappa shape index (κ1) is 14.0. The number of nitrogens with zero attached hydrogens (tertiary/aromatic N) is 2. The summed E-state index contributed by atoms with van der Waals surface area (Å²) in [4.78, 5) is 4.71. The normalized spacial score (nSPS) is 11.6. The monoisotopic (exact) mass is 261 g/mol. The predicted molar refractivity (Wildman–Crippen MR) is 78.3 cm³/mol. The number of rotatable bonds is 6. The molecule has 0 aliphatic heterocycles. The van der Waals surface area contributed by atoms with E-state index in [-0.39, 0.29) is 6.61 Å². The van der Waals surface area contributed by atoms with E-state index < -0.39 is 0 Å². The van der Waals surface area contributed by atoms with Crippen molar-refractivity contribution in [1.82, 2.24) is 9.55 Å². The van der Waals surface area contributed by atoms with Crippen LogP contribution < -0.4 is 5.73 Å². The maximum Gasteiger partial charge on any atom is 0.109 e. The van der Waals surface area contributed by atoms with Gasteiger partial charge in [0.15, 0.2) is 0 Å². The Kier molecular flexibility index (Phi) is 4.56. The molecule has 2 rings (SSSR count). The summed E-state index contributed by atoms with van der Waals surface area (Å²) in [5.74, 6) is 1.52. The van der Waals surface area contributed by atoms with Crippen molar-refractivity contribution in [2.24, 2.45) is 5.73 Å². The molecule has 0 aliphatic carbocycles. The van der Waals surface area contributed by atoms with Crippen LogP contribution in [0.2, 0.25) is 0 Å². The molecule has 0 atom stereocenters. The zero-order valence-corrected chi connectivity index (χ0v) is 11.8. The van der Waals surface area contributed by atoms with E-state index in [0.29, 0.717) is 19.0 Å². The van der Waals surface area contributed by atoms with E-state index in [0.717, 1.165) is 29.7 Å². The van der Waals surface area contributed by atoms with Crippen molar-refractivity contribution < 1.29 is 5.11 Å². The molecule has 1 heterocycles. The summed E-state index contributed by atoms with van der Waals surface area (Å²) in [5.41, 5.74) is 8.99. The molecule has 0 spiro atoms. The smallest absolute Gasteiger partial charge is 0.109 e. The first-order valence-electron chi connectivity index (χ1n) is 6.97. The lowest BCUT2D eigenvalue weighted by molar-refractivity contribution is 0.276. The minimum Gasteiger partial charge on any atom is -0.395 e. The number of aromatic nitrogens is 2. The number of hydrogen-bond donors (Lipinski definition) is 2. The van der Waals surface area contributed by atoms with E-state index in [1.165, 1.54) is 5.56 Å². The number of fused-ring (bicyclic) bond motifs is 1. The van der Waals surface area contributed by atoms with Crippen molar-refractivity contribution in [3.8, 4) is 0 Å². The third-order valence-electron chi connectivity index (χ3n) is 3.45. The Balaban J connectivity index is 2.45. The Morgan fingerprint density at radius 3 is 2.79 bits per heavy atom. The van der Waals surface area contributed by atoms with E-state index in [1.807, 2.05) is 0 Å². The van der Waals surface area contributed by atoms with Crippen molar-refractivity contribution in [2.45, 2.75) is 39.2 Å². The van der Waals surface area contributed by atoms with Gasteiger partial charge < -0.3 is 15.4 Å². The minimum absolute atomic E-state index is 0.132. The summed E-state index contributed by atoms with van der Waals surface area (Å²) in [6.45, 7) is 5.76. The SMILES string of the molecule is CC(C)c1ccc2c(c1)nc(CCCN)n2CCO. The fraction of sp³-hybridized carbons (Fsp3) is 0.533. The average molecular weight is 261 g/mol. The van der Waals surface area contributed by atoms with E-state index in [9.17, 15) is 5.11 Å². The Morgan fingerprint density at radius 2 is 2.16 bits per heavy atom. The maximum absolute atomic E-state index is 9.22. The molecule has 104 valence electrons. The molecule has 2 aromatic rings. The average Bonchev–Trinajstić information content (AvgIpc) is 2.74. The highest BCUT2D eigenvalue weighted by atomic mass is 16.3. The zero-order chi connectivity index (χ0) is 13.8. The summed E-state index contributed by atoms with van der Waals surface area (Å²) < 4.78 is 2.11. The molecule has 3 N–H and O–H groups in total. The van der Waals surface area contributed by atoms with Gasteiger partial charge in [0, 0.05) is 13.0 Å². The van der Waals surface area contributed by atoms with Gasteiger partial charge in [0.25, 0.3) is 0 Å². The molecule has 1 aromatic carbocycles. The third kappa shape index (κ3) is 2.96. The quantitative estimate of drug-likeness (QED) is 0.836. The van der Waals surface area contributed by atoms with Crippen molar-refractivity contribution in [3.05, 3.63) is 29.6 Å². The molecule has 0 bridgehead atoms. The number of aliphatic hydroxyl groups is 1. The Bertz CT molecular complexity index is 546. The number of aliphatic hydroxyl groups excluding tert-OH is 1. The summed E-state index contributed by atoms with van der Waals surface area (Å²) >= 11 is 0. The van der Waals surface area contributed by atoms with Gasteiger partial charge in [-0.3, -0.25) is 0 Å². The summed E-state index contributed by atoms with van der Waals surface area (Å²) in [5, 5.41) is 9.22. The van der Waals surface area contributed by atoms with Gasteiger partial charge in [0.05, 0.1) is 17.6 Å². The van der Waals surface area contributed by atoms with Gasteiger partial charge >= 0.3 is 0 Å². The highest BCUT2D eigenvalue weighted by molar-refractivity contribution is 5.77. The lowest BCUT2D eigenvalue weighted by Gasteiger charge is -2.08. The number of benzene rings is 1. The highest BCUT2D eigenvalue weighted by Gasteiger charge is 2.11. The van der Waals surface area contributed by atoms with Gasteiger partial charge in [-0.05, 0) is 36.6 Å². The van der Waals surface area contributed by atoms with Crippen molar-refractivity contribution in [2.75, 3.05) is 13.2 Å². The van der Waals surface area contributed by atoms with E-state index in [1.54, 1.807) is 0 Å².